The standard InChI is InChI=1S/C8H8BrN3/c1-2-6-8-11-5-7(9)12(8)4-3-10-6/h3-5H,2H2,1H3. The fourth-order valence-corrected chi connectivity index (χ4v) is 1.58. The number of fused-ring (bicyclic) bond motifs is 1. The minimum atomic E-state index is 0.911. The summed E-state index contributed by atoms with van der Waals surface area (Å²) in [4.78, 5) is 8.48. The third-order valence-corrected chi connectivity index (χ3v) is 2.38. The van der Waals surface area contributed by atoms with E-state index in [1.165, 1.54) is 0 Å². The molecule has 2 aromatic heterocycles. The number of rotatable bonds is 1. The molecule has 0 spiro atoms. The molecule has 0 atom stereocenters. The summed E-state index contributed by atoms with van der Waals surface area (Å²) >= 11 is 3.40. The molecule has 0 N–H and O–H groups in total. The molecule has 0 aliphatic heterocycles. The van der Waals surface area contributed by atoms with Crippen LogP contribution in [0.25, 0.3) is 5.65 Å². The lowest BCUT2D eigenvalue weighted by Crippen LogP contribution is -1.93. The first-order valence-corrected chi connectivity index (χ1v) is 4.58. The summed E-state index contributed by atoms with van der Waals surface area (Å²) in [6.45, 7) is 2.07. The lowest BCUT2D eigenvalue weighted by Gasteiger charge is -1.98. The highest BCUT2D eigenvalue weighted by atomic mass is 79.9. The number of hydrogen-bond acceptors (Lipinski definition) is 2. The van der Waals surface area contributed by atoms with Crippen molar-refractivity contribution in [1.82, 2.24) is 14.4 Å². The first-order chi connectivity index (χ1) is 5.83. The zero-order chi connectivity index (χ0) is 8.55. The molecule has 4 heteroatoms. The normalized spacial score (nSPS) is 10.8. The van der Waals surface area contributed by atoms with Gasteiger partial charge in [0.05, 0.1) is 11.9 Å². The Labute approximate surface area is 78.6 Å². The SMILES string of the molecule is CCc1nccn2c(Br)cnc12. The minimum absolute atomic E-state index is 0.911. The second-order valence-electron chi connectivity index (χ2n) is 2.50. The van der Waals surface area contributed by atoms with Crippen LogP contribution >= 0.6 is 15.9 Å². The van der Waals surface area contributed by atoms with Gasteiger partial charge in [-0.15, -0.1) is 0 Å². The third kappa shape index (κ3) is 1.03. The predicted octanol–water partition coefficient (Wildman–Crippen LogP) is 2.05. The summed E-state index contributed by atoms with van der Waals surface area (Å²) in [5, 5.41) is 0. The van der Waals surface area contributed by atoms with Crippen LogP contribution in [0.5, 0.6) is 0 Å². The average molecular weight is 226 g/mol. The lowest BCUT2D eigenvalue weighted by atomic mass is 10.3. The zero-order valence-corrected chi connectivity index (χ0v) is 8.24. The zero-order valence-electron chi connectivity index (χ0n) is 6.66. The highest BCUT2D eigenvalue weighted by Gasteiger charge is 2.03. The molecule has 0 saturated carbocycles. The number of aromatic nitrogens is 3. The monoisotopic (exact) mass is 225 g/mol. The summed E-state index contributed by atoms with van der Waals surface area (Å²) in [5.41, 5.74) is 1.97. The van der Waals surface area contributed by atoms with Crippen LogP contribution in [0.4, 0.5) is 0 Å². The molecule has 2 aromatic rings. The van der Waals surface area contributed by atoms with Crippen LogP contribution in [0.1, 0.15) is 12.6 Å². The molecule has 0 fully saturated rings. The van der Waals surface area contributed by atoms with Crippen molar-refractivity contribution < 1.29 is 0 Å². The van der Waals surface area contributed by atoms with Gasteiger partial charge in [-0.3, -0.25) is 9.38 Å². The van der Waals surface area contributed by atoms with Crippen molar-refractivity contribution in [2.75, 3.05) is 0 Å². The molecule has 0 aromatic carbocycles. The maximum Gasteiger partial charge on any atom is 0.159 e. The quantitative estimate of drug-likeness (QED) is 0.744. The molecule has 0 radical (unpaired) electrons. The van der Waals surface area contributed by atoms with Gasteiger partial charge in [0.15, 0.2) is 5.65 Å². The van der Waals surface area contributed by atoms with Crippen molar-refractivity contribution in [2.45, 2.75) is 13.3 Å². The molecule has 3 nitrogen and oxygen atoms in total. The average Bonchev–Trinajstić information content (AvgIpc) is 2.48. The third-order valence-electron chi connectivity index (χ3n) is 1.79. The van der Waals surface area contributed by atoms with Gasteiger partial charge < -0.3 is 0 Å². The van der Waals surface area contributed by atoms with E-state index in [9.17, 15) is 0 Å². The van der Waals surface area contributed by atoms with Crippen LogP contribution in [0.3, 0.4) is 0 Å². The number of aryl methyl sites for hydroxylation is 1. The molecule has 2 heterocycles. The van der Waals surface area contributed by atoms with E-state index in [0.29, 0.717) is 0 Å². The maximum absolute atomic E-state index is 4.24. The van der Waals surface area contributed by atoms with Crippen LogP contribution in [-0.4, -0.2) is 14.4 Å². The summed E-state index contributed by atoms with van der Waals surface area (Å²) in [6.07, 6.45) is 6.38. The van der Waals surface area contributed by atoms with E-state index >= 15 is 0 Å². The molecular weight excluding hydrogens is 218 g/mol. The van der Waals surface area contributed by atoms with Crippen molar-refractivity contribution in [1.29, 1.82) is 0 Å². The van der Waals surface area contributed by atoms with E-state index in [0.717, 1.165) is 22.4 Å². The van der Waals surface area contributed by atoms with Gasteiger partial charge in [-0.25, -0.2) is 4.98 Å². The van der Waals surface area contributed by atoms with Crippen LogP contribution in [-0.2, 0) is 6.42 Å². The highest BCUT2D eigenvalue weighted by molar-refractivity contribution is 9.10. The van der Waals surface area contributed by atoms with Gasteiger partial charge in [0, 0.05) is 12.4 Å². The molecular formula is C8H8BrN3. The van der Waals surface area contributed by atoms with E-state index in [1.807, 2.05) is 10.6 Å². The Morgan fingerprint density at radius 2 is 2.33 bits per heavy atom. The van der Waals surface area contributed by atoms with Gasteiger partial charge in [-0.2, -0.15) is 0 Å². The van der Waals surface area contributed by atoms with Gasteiger partial charge in [-0.05, 0) is 22.4 Å². The Balaban J connectivity index is 2.81. The summed E-state index contributed by atoms with van der Waals surface area (Å²) in [5.74, 6) is 0. The molecule has 0 aliphatic carbocycles. The Morgan fingerprint density at radius 3 is 3.08 bits per heavy atom. The van der Waals surface area contributed by atoms with Crippen molar-refractivity contribution >= 4 is 21.6 Å². The second-order valence-corrected chi connectivity index (χ2v) is 3.31. The van der Waals surface area contributed by atoms with Gasteiger partial charge in [0.2, 0.25) is 0 Å². The van der Waals surface area contributed by atoms with Crippen molar-refractivity contribution in [3.05, 3.63) is 28.9 Å². The molecule has 0 saturated heterocycles. The van der Waals surface area contributed by atoms with Gasteiger partial charge in [0.1, 0.15) is 4.60 Å². The first kappa shape index (κ1) is 7.73. The smallest absolute Gasteiger partial charge is 0.159 e. The lowest BCUT2D eigenvalue weighted by molar-refractivity contribution is 0.987. The van der Waals surface area contributed by atoms with Crippen LogP contribution in [0.15, 0.2) is 23.2 Å². The van der Waals surface area contributed by atoms with E-state index in [2.05, 4.69) is 32.8 Å². The molecule has 2 rings (SSSR count). The van der Waals surface area contributed by atoms with Gasteiger partial charge >= 0.3 is 0 Å². The first-order valence-electron chi connectivity index (χ1n) is 3.79. The van der Waals surface area contributed by atoms with Crippen molar-refractivity contribution in [2.24, 2.45) is 0 Å². The van der Waals surface area contributed by atoms with E-state index < -0.39 is 0 Å². The number of hydrogen-bond donors (Lipinski definition) is 0. The van der Waals surface area contributed by atoms with E-state index in [-0.39, 0.29) is 0 Å². The van der Waals surface area contributed by atoms with Crippen LogP contribution in [0, 0.1) is 0 Å². The molecule has 12 heavy (non-hydrogen) atoms. The van der Waals surface area contributed by atoms with Crippen LogP contribution < -0.4 is 0 Å². The molecule has 0 unspecified atom stereocenters. The largest absolute Gasteiger partial charge is 0.291 e. The van der Waals surface area contributed by atoms with Crippen molar-refractivity contribution in [3.8, 4) is 0 Å². The molecule has 0 amide bonds. The number of halogens is 1. The van der Waals surface area contributed by atoms with Crippen LogP contribution in [0.2, 0.25) is 0 Å². The minimum Gasteiger partial charge on any atom is -0.291 e. The topological polar surface area (TPSA) is 30.2 Å². The Kier molecular flexibility index (Phi) is 1.84. The Morgan fingerprint density at radius 1 is 1.50 bits per heavy atom. The van der Waals surface area contributed by atoms with Gasteiger partial charge in [-0.1, -0.05) is 6.92 Å². The Hall–Kier alpha value is -0.900. The van der Waals surface area contributed by atoms with Crippen molar-refractivity contribution in [3.63, 3.8) is 0 Å². The summed E-state index contributed by atoms with van der Waals surface area (Å²) < 4.78 is 2.95. The highest BCUT2D eigenvalue weighted by Crippen LogP contribution is 2.14. The van der Waals surface area contributed by atoms with E-state index in [1.54, 1.807) is 12.4 Å². The number of nitrogens with zero attached hydrogens (tertiary/aromatic N) is 3. The predicted molar refractivity (Wildman–Crippen MR) is 50.1 cm³/mol. The summed E-state index contributed by atoms with van der Waals surface area (Å²) in [6, 6.07) is 0. The van der Waals surface area contributed by atoms with E-state index in [4.69, 9.17) is 0 Å². The molecule has 0 bridgehead atoms. The molecule has 0 aliphatic rings. The second kappa shape index (κ2) is 2.86. The Bertz CT molecular complexity index is 408. The summed E-state index contributed by atoms with van der Waals surface area (Å²) in [7, 11) is 0. The van der Waals surface area contributed by atoms with Gasteiger partial charge in [0.25, 0.3) is 0 Å². The molecule has 62 valence electrons. The fourth-order valence-electron chi connectivity index (χ4n) is 1.19. The number of imidazole rings is 1. The maximum atomic E-state index is 4.24. The fraction of sp³-hybridized carbons (Fsp3) is 0.250.